The highest BCUT2D eigenvalue weighted by molar-refractivity contribution is 6.03. The van der Waals surface area contributed by atoms with E-state index in [0.29, 0.717) is 40.9 Å². The molecule has 2 aromatic heterocycles. The van der Waals surface area contributed by atoms with Gasteiger partial charge in [-0.1, -0.05) is 31.7 Å². The summed E-state index contributed by atoms with van der Waals surface area (Å²) < 4.78 is 8.04. The molecule has 0 radical (unpaired) electrons. The molecule has 0 fully saturated rings. The first-order valence-electron chi connectivity index (χ1n) is 14.8. The molecule has 4 aromatic rings. The average molecular weight is 597 g/mol. The Morgan fingerprint density at radius 2 is 1.93 bits per heavy atom. The SMILES string of the molecule is C=CC(=O)Nc1cc(Nc2ncc(NC(=O)CC)c(-c3cn4c5c(cccc35)CCC4)n2)c(OC)cc1N(C)CCN(C)C. The molecule has 3 N–H and O–H groups in total. The van der Waals surface area contributed by atoms with Gasteiger partial charge in [0.25, 0.3) is 0 Å². The Bertz CT molecular complexity index is 1710. The first kappa shape index (κ1) is 30.6. The quantitative estimate of drug-likeness (QED) is 0.190. The summed E-state index contributed by atoms with van der Waals surface area (Å²) in [7, 11) is 7.58. The lowest BCUT2D eigenvalue weighted by atomic mass is 10.0. The third-order valence-electron chi connectivity index (χ3n) is 7.77. The summed E-state index contributed by atoms with van der Waals surface area (Å²) in [6.07, 6.45) is 7.41. The molecule has 0 atom stereocenters. The Morgan fingerprint density at radius 1 is 1.11 bits per heavy atom. The fraction of sp³-hybridized carbons (Fsp3) is 0.333. The fourth-order valence-corrected chi connectivity index (χ4v) is 5.45. The van der Waals surface area contributed by atoms with E-state index in [1.165, 1.54) is 17.2 Å². The van der Waals surface area contributed by atoms with Crippen LogP contribution < -0.4 is 25.6 Å². The number of amides is 2. The molecular formula is C33H40N8O3. The molecule has 2 amide bonds. The van der Waals surface area contributed by atoms with E-state index in [9.17, 15) is 9.59 Å². The summed E-state index contributed by atoms with van der Waals surface area (Å²) >= 11 is 0. The first-order chi connectivity index (χ1) is 21.2. The van der Waals surface area contributed by atoms with Gasteiger partial charge in [-0.05, 0) is 44.6 Å². The molecule has 1 aliphatic rings. The van der Waals surface area contributed by atoms with E-state index in [4.69, 9.17) is 9.72 Å². The topological polar surface area (TPSA) is 117 Å². The number of nitrogens with one attached hydrogen (secondary N) is 3. The highest BCUT2D eigenvalue weighted by Gasteiger charge is 2.22. The molecule has 0 saturated heterocycles. The van der Waals surface area contributed by atoms with E-state index in [1.54, 1.807) is 19.4 Å². The van der Waals surface area contributed by atoms with Crippen LogP contribution in [0, 0.1) is 0 Å². The maximum atomic E-state index is 12.5. The number of ether oxygens (including phenoxy) is 1. The molecule has 0 bridgehead atoms. The van der Waals surface area contributed by atoms with Gasteiger partial charge in [-0.3, -0.25) is 9.59 Å². The molecule has 230 valence electrons. The predicted molar refractivity (Wildman–Crippen MR) is 177 cm³/mol. The fourth-order valence-electron chi connectivity index (χ4n) is 5.45. The van der Waals surface area contributed by atoms with Gasteiger partial charge in [0.1, 0.15) is 11.4 Å². The third-order valence-corrected chi connectivity index (χ3v) is 7.77. The molecule has 11 nitrogen and oxygen atoms in total. The van der Waals surface area contributed by atoms with Crippen molar-refractivity contribution in [2.75, 3.05) is 62.2 Å². The van der Waals surface area contributed by atoms with Crippen molar-refractivity contribution >= 4 is 51.4 Å². The van der Waals surface area contributed by atoms with E-state index >= 15 is 0 Å². The first-order valence-corrected chi connectivity index (χ1v) is 14.8. The van der Waals surface area contributed by atoms with Crippen molar-refractivity contribution in [3.8, 4) is 17.0 Å². The summed E-state index contributed by atoms with van der Waals surface area (Å²) in [4.78, 5) is 38.5. The van der Waals surface area contributed by atoms with Gasteiger partial charge >= 0.3 is 0 Å². The number of aryl methyl sites for hydroxylation is 2. The average Bonchev–Trinajstić information content (AvgIpc) is 3.40. The highest BCUT2D eigenvalue weighted by atomic mass is 16.5. The van der Waals surface area contributed by atoms with Crippen LogP contribution in [-0.2, 0) is 22.6 Å². The second-order valence-corrected chi connectivity index (χ2v) is 11.1. The van der Waals surface area contributed by atoms with Gasteiger partial charge in [-0.25, -0.2) is 9.97 Å². The standard InChI is InChI=1S/C33H40N8O3/c1-7-29(42)35-24-17-25(28(44-6)18-27(24)40(5)16-15-39(3)4)37-33-34-19-26(36-30(43)8-2)31(38-33)23-20-41-14-10-12-21-11-9-13-22(23)32(21)41/h7,9,11,13,17-20H,1,8,10,12,14-16H2,2-6H3,(H,35,42)(H,36,43)(H,34,37,38). The van der Waals surface area contributed by atoms with E-state index in [2.05, 4.69) is 66.3 Å². The van der Waals surface area contributed by atoms with Crippen molar-refractivity contribution in [3.63, 3.8) is 0 Å². The number of benzene rings is 2. The molecule has 1 aliphatic heterocycles. The molecule has 3 heterocycles. The monoisotopic (exact) mass is 596 g/mol. The largest absolute Gasteiger partial charge is 0.494 e. The molecule has 0 saturated carbocycles. The van der Waals surface area contributed by atoms with Gasteiger partial charge in [0, 0.05) is 56.3 Å². The van der Waals surface area contributed by atoms with Crippen LogP contribution in [0.25, 0.3) is 22.2 Å². The van der Waals surface area contributed by atoms with Gasteiger partial charge in [0.2, 0.25) is 17.8 Å². The van der Waals surface area contributed by atoms with Gasteiger partial charge in [0.15, 0.2) is 0 Å². The summed E-state index contributed by atoms with van der Waals surface area (Å²) in [6.45, 7) is 7.89. The van der Waals surface area contributed by atoms with Crippen LogP contribution in [0.2, 0.25) is 0 Å². The Balaban J connectivity index is 1.58. The predicted octanol–water partition coefficient (Wildman–Crippen LogP) is 5.27. The number of likely N-dealkylation sites (N-methyl/N-ethyl adjacent to an activating group) is 2. The summed E-state index contributed by atoms with van der Waals surface area (Å²) in [5, 5.41) is 10.3. The molecular weight excluding hydrogens is 556 g/mol. The number of para-hydroxylation sites is 1. The number of carbonyl (C=O) groups excluding carboxylic acids is 2. The van der Waals surface area contributed by atoms with E-state index in [0.717, 1.165) is 49.1 Å². The van der Waals surface area contributed by atoms with Crippen molar-refractivity contribution in [2.45, 2.75) is 32.7 Å². The lowest BCUT2D eigenvalue weighted by Gasteiger charge is -2.26. The van der Waals surface area contributed by atoms with Crippen molar-refractivity contribution < 1.29 is 14.3 Å². The van der Waals surface area contributed by atoms with Crippen LogP contribution in [0.4, 0.5) is 28.7 Å². The Hall–Kier alpha value is -4.90. The molecule has 0 spiro atoms. The van der Waals surface area contributed by atoms with Gasteiger partial charge in [-0.15, -0.1) is 0 Å². The summed E-state index contributed by atoms with van der Waals surface area (Å²) in [5.74, 6) is 0.414. The molecule has 0 aliphatic carbocycles. The van der Waals surface area contributed by atoms with Gasteiger partial charge in [0.05, 0.1) is 41.6 Å². The van der Waals surface area contributed by atoms with Crippen molar-refractivity contribution in [1.29, 1.82) is 0 Å². The number of hydrogen-bond donors (Lipinski definition) is 3. The molecule has 44 heavy (non-hydrogen) atoms. The van der Waals surface area contributed by atoms with Crippen LogP contribution in [0.5, 0.6) is 5.75 Å². The molecule has 11 heteroatoms. The molecule has 0 unspecified atom stereocenters. The van der Waals surface area contributed by atoms with Crippen LogP contribution in [0.15, 0.2) is 55.4 Å². The minimum Gasteiger partial charge on any atom is -0.494 e. The third kappa shape index (κ3) is 6.37. The Labute approximate surface area is 257 Å². The number of anilines is 5. The zero-order valence-corrected chi connectivity index (χ0v) is 26.0. The highest BCUT2D eigenvalue weighted by Crippen LogP contribution is 2.40. The minimum absolute atomic E-state index is 0.123. The Kier molecular flexibility index (Phi) is 9.15. The summed E-state index contributed by atoms with van der Waals surface area (Å²) in [6, 6.07) is 10.0. The molecule has 5 rings (SSSR count). The number of methoxy groups -OCH3 is 1. The zero-order chi connectivity index (χ0) is 31.4. The lowest BCUT2D eigenvalue weighted by Crippen LogP contribution is -2.29. The molecule has 2 aromatic carbocycles. The lowest BCUT2D eigenvalue weighted by molar-refractivity contribution is -0.116. The number of carbonyl (C=O) groups is 2. The smallest absolute Gasteiger partial charge is 0.247 e. The number of aromatic nitrogens is 3. The van der Waals surface area contributed by atoms with E-state index in [-0.39, 0.29) is 11.8 Å². The van der Waals surface area contributed by atoms with Crippen LogP contribution in [0.1, 0.15) is 25.3 Å². The second-order valence-electron chi connectivity index (χ2n) is 11.1. The minimum atomic E-state index is -0.328. The number of rotatable bonds is 12. The van der Waals surface area contributed by atoms with Gasteiger partial charge < -0.3 is 35.1 Å². The van der Waals surface area contributed by atoms with Crippen LogP contribution >= 0.6 is 0 Å². The van der Waals surface area contributed by atoms with Gasteiger partial charge in [-0.2, -0.15) is 0 Å². The van der Waals surface area contributed by atoms with Crippen LogP contribution in [0.3, 0.4) is 0 Å². The Morgan fingerprint density at radius 3 is 2.66 bits per heavy atom. The van der Waals surface area contributed by atoms with E-state index < -0.39 is 0 Å². The van der Waals surface area contributed by atoms with E-state index in [1.807, 2.05) is 34.1 Å². The summed E-state index contributed by atoms with van der Waals surface area (Å²) in [5.41, 5.74) is 6.52. The number of hydrogen-bond acceptors (Lipinski definition) is 8. The number of nitrogens with zero attached hydrogens (tertiary/aromatic N) is 5. The maximum absolute atomic E-state index is 12.5. The normalized spacial score (nSPS) is 12.2. The zero-order valence-electron chi connectivity index (χ0n) is 26.0. The van der Waals surface area contributed by atoms with Crippen molar-refractivity contribution in [3.05, 3.63) is 60.9 Å². The van der Waals surface area contributed by atoms with Crippen LogP contribution in [-0.4, -0.2) is 72.6 Å². The second kappa shape index (κ2) is 13.2. The van der Waals surface area contributed by atoms with Crippen molar-refractivity contribution in [2.24, 2.45) is 0 Å². The van der Waals surface area contributed by atoms with Crippen molar-refractivity contribution in [1.82, 2.24) is 19.4 Å². The maximum Gasteiger partial charge on any atom is 0.247 e.